The van der Waals surface area contributed by atoms with Crippen molar-refractivity contribution in [1.82, 2.24) is 24.4 Å². The van der Waals surface area contributed by atoms with Crippen LogP contribution in [0.4, 0.5) is 16.2 Å². The second-order valence-electron chi connectivity index (χ2n) is 14.7. The molecule has 3 heterocycles. The van der Waals surface area contributed by atoms with Gasteiger partial charge in [0.25, 0.3) is 5.91 Å². The number of pyridine rings is 1. The number of aromatic nitrogens is 1. The van der Waals surface area contributed by atoms with Gasteiger partial charge in [-0.25, -0.2) is 18.6 Å². The lowest BCUT2D eigenvalue weighted by Crippen LogP contribution is -2.62. The lowest BCUT2D eigenvalue weighted by Gasteiger charge is -2.43. The van der Waals surface area contributed by atoms with Crippen molar-refractivity contribution in [1.29, 1.82) is 0 Å². The first-order valence-electron chi connectivity index (χ1n) is 17.4. The summed E-state index contributed by atoms with van der Waals surface area (Å²) in [4.78, 5) is 74.3. The number of isocyanates is 1. The van der Waals surface area contributed by atoms with E-state index in [4.69, 9.17) is 4.74 Å². The smallest absolute Gasteiger partial charge is 0.329 e. The summed E-state index contributed by atoms with van der Waals surface area (Å²) in [5.41, 5.74) is 1.04. The van der Waals surface area contributed by atoms with Crippen LogP contribution in [0.15, 0.2) is 82.9 Å². The minimum atomic E-state index is -5.75. The zero-order valence-corrected chi connectivity index (χ0v) is 32.8. The summed E-state index contributed by atoms with van der Waals surface area (Å²) in [6.07, 6.45) is 3.89. The molecule has 2 aliphatic rings. The van der Waals surface area contributed by atoms with Crippen molar-refractivity contribution in [2.75, 3.05) is 37.4 Å². The topological polar surface area (TPSA) is 211 Å². The minimum Gasteiger partial charge on any atom is -0.458 e. The van der Waals surface area contributed by atoms with Crippen molar-refractivity contribution in [2.24, 2.45) is 4.99 Å². The number of nitrogens with zero attached hydrogens (tertiary/aromatic N) is 5. The van der Waals surface area contributed by atoms with Crippen LogP contribution in [0.5, 0.6) is 0 Å². The predicted molar refractivity (Wildman–Crippen MR) is 207 cm³/mol. The van der Waals surface area contributed by atoms with Gasteiger partial charge in [-0.1, -0.05) is 12.1 Å². The molecule has 0 spiro atoms. The predicted octanol–water partition coefficient (Wildman–Crippen LogP) is 4.30. The standard InChI is InChI=1S/C37H45N7O9S2/c1-36(2,3)53-34(48)30(41-32(46)31-37(4,5)54-24-44(31)55(50,51,52)29-7-6-16-38-22-29)21-25-8-12-28(13-9-25)40-35(49)43-19-17-42(18-20-43)33(47)26-10-14-27(15-11-26)39-23-45/h6-16,22,30-31H,17-21,24H2,1-5H3,(H,40,49)(H,41,46)(H2,50,51,52)/t30-,31+/m0/s1. The maximum absolute atomic E-state index is 14.0. The zero-order valence-electron chi connectivity index (χ0n) is 31.1. The van der Waals surface area contributed by atoms with Crippen molar-refractivity contribution >= 4 is 62.8 Å². The summed E-state index contributed by atoms with van der Waals surface area (Å²) in [7, 11) is -5.75. The molecule has 2 atom stereocenters. The number of rotatable bonds is 10. The van der Waals surface area contributed by atoms with E-state index in [1.807, 2.05) is 0 Å². The summed E-state index contributed by atoms with van der Waals surface area (Å²) >= 11 is 1.20. The van der Waals surface area contributed by atoms with Gasteiger partial charge < -0.3 is 25.2 Å². The van der Waals surface area contributed by atoms with Gasteiger partial charge in [0.1, 0.15) is 17.7 Å². The number of benzene rings is 2. The highest BCUT2D eigenvalue weighted by molar-refractivity contribution is 8.09. The van der Waals surface area contributed by atoms with Gasteiger partial charge in [0, 0.05) is 61.0 Å². The van der Waals surface area contributed by atoms with Crippen molar-refractivity contribution in [3.8, 4) is 0 Å². The van der Waals surface area contributed by atoms with E-state index in [1.165, 1.54) is 36.2 Å². The molecule has 18 heteroatoms. The van der Waals surface area contributed by atoms with Crippen molar-refractivity contribution in [2.45, 2.75) is 68.4 Å². The molecule has 0 saturated carbocycles. The molecule has 2 aromatic carbocycles. The number of thioether (sulfide) groups is 1. The Morgan fingerprint density at radius 1 is 1.02 bits per heavy atom. The highest BCUT2D eigenvalue weighted by Gasteiger charge is 2.57. The molecule has 2 aliphatic heterocycles. The Morgan fingerprint density at radius 2 is 1.65 bits per heavy atom. The summed E-state index contributed by atoms with van der Waals surface area (Å²) in [6.45, 7) is 9.74. The number of hydrogen-bond donors (Lipinski definition) is 4. The van der Waals surface area contributed by atoms with Crippen LogP contribution in [0.25, 0.3) is 0 Å². The van der Waals surface area contributed by atoms with Crippen LogP contribution in [0.1, 0.15) is 50.5 Å². The molecule has 16 nitrogen and oxygen atoms in total. The van der Waals surface area contributed by atoms with E-state index in [9.17, 15) is 37.3 Å². The monoisotopic (exact) mass is 795 g/mol. The molecular formula is C37H45N7O9S2. The lowest BCUT2D eigenvalue weighted by atomic mass is 10.0. The van der Waals surface area contributed by atoms with Crippen LogP contribution in [-0.4, -0.2) is 117 Å². The number of urea groups is 1. The molecule has 4 amide bonds. The summed E-state index contributed by atoms with van der Waals surface area (Å²) in [5.74, 6) is -1.85. The highest BCUT2D eigenvalue weighted by atomic mass is 32.3. The molecular weight excluding hydrogens is 751 g/mol. The van der Waals surface area contributed by atoms with Crippen LogP contribution < -0.4 is 10.6 Å². The van der Waals surface area contributed by atoms with Crippen LogP contribution in [0.2, 0.25) is 0 Å². The number of anilines is 1. The number of aliphatic imine (C=N–C) groups is 1. The van der Waals surface area contributed by atoms with Crippen LogP contribution in [-0.2, 0) is 35.4 Å². The first kappa shape index (κ1) is 41.2. The van der Waals surface area contributed by atoms with Gasteiger partial charge in [0.05, 0.1) is 16.5 Å². The quantitative estimate of drug-likeness (QED) is 0.129. The number of ether oxygens (including phenoxy) is 1. The Kier molecular flexibility index (Phi) is 12.0. The molecule has 0 radical (unpaired) electrons. The summed E-state index contributed by atoms with van der Waals surface area (Å²) in [5, 5.41) is 5.57. The van der Waals surface area contributed by atoms with Crippen LogP contribution in [0.3, 0.4) is 0 Å². The Bertz CT molecular complexity index is 2020. The van der Waals surface area contributed by atoms with Gasteiger partial charge in [-0.3, -0.25) is 23.7 Å². The van der Waals surface area contributed by atoms with Crippen molar-refractivity contribution in [3.63, 3.8) is 0 Å². The number of amides is 4. The average Bonchev–Trinajstić information content (AvgIpc) is 3.48. The van der Waals surface area contributed by atoms with E-state index in [1.54, 1.807) is 92.9 Å². The molecule has 294 valence electrons. The number of carbonyl (C=O) groups is 4. The van der Waals surface area contributed by atoms with Crippen LogP contribution in [0, 0.1) is 0 Å². The number of hydrogen-bond acceptors (Lipinski definition) is 10. The normalized spacial score (nSPS) is 18.6. The molecule has 2 fully saturated rings. The van der Waals surface area contributed by atoms with Crippen LogP contribution >= 0.6 is 11.8 Å². The van der Waals surface area contributed by atoms with Gasteiger partial charge in [-0.05, 0) is 88.7 Å². The molecule has 0 aliphatic carbocycles. The van der Waals surface area contributed by atoms with E-state index in [2.05, 4.69) is 20.6 Å². The SMILES string of the molecule is CC(C)(C)OC(=O)[C@H](Cc1ccc(NC(=O)N2CCN(C(=O)c3ccc(N=C=O)cc3)CC2)cc1)NC(=O)[C@H]1N(S(=O)(O)(O)c2cccnc2)CSC1(C)C. The first-order chi connectivity index (χ1) is 25.8. The molecule has 1 aromatic heterocycles. The zero-order chi connectivity index (χ0) is 40.2. The van der Waals surface area contributed by atoms with Gasteiger partial charge in [-0.2, -0.15) is 9.30 Å². The molecule has 0 unspecified atom stereocenters. The fraction of sp³-hybridized carbons (Fsp3) is 0.405. The van der Waals surface area contributed by atoms with E-state index < -0.39 is 44.1 Å². The van der Waals surface area contributed by atoms with Crippen molar-refractivity contribution < 1.29 is 42.0 Å². The number of piperazine rings is 1. The highest BCUT2D eigenvalue weighted by Crippen LogP contribution is 2.47. The van der Waals surface area contributed by atoms with Gasteiger partial charge in [-0.15, -0.1) is 11.8 Å². The van der Waals surface area contributed by atoms with E-state index in [-0.39, 0.29) is 29.1 Å². The third kappa shape index (κ3) is 9.83. The van der Waals surface area contributed by atoms with Gasteiger partial charge >= 0.3 is 12.0 Å². The second kappa shape index (κ2) is 16.0. The van der Waals surface area contributed by atoms with E-state index in [0.29, 0.717) is 48.7 Å². The third-order valence-electron chi connectivity index (χ3n) is 9.02. The fourth-order valence-electron chi connectivity index (χ4n) is 6.16. The number of carbonyl (C=O) groups excluding carboxylic acids is 5. The minimum absolute atomic E-state index is 0.0157. The average molecular weight is 796 g/mol. The molecule has 3 aromatic rings. The Hall–Kier alpha value is -4.97. The van der Waals surface area contributed by atoms with Gasteiger partial charge in [0.15, 0.2) is 9.81 Å². The summed E-state index contributed by atoms with van der Waals surface area (Å²) in [6, 6.07) is 12.7. The third-order valence-corrected chi connectivity index (χ3v) is 12.8. The molecule has 5 rings (SSSR count). The molecule has 4 N–H and O–H groups in total. The van der Waals surface area contributed by atoms with Gasteiger partial charge in [0.2, 0.25) is 12.0 Å². The Labute approximate surface area is 323 Å². The Balaban J connectivity index is 1.24. The molecule has 2 saturated heterocycles. The fourth-order valence-corrected chi connectivity index (χ4v) is 9.72. The molecule has 55 heavy (non-hydrogen) atoms. The maximum atomic E-state index is 14.0. The number of esters is 1. The van der Waals surface area contributed by atoms with Crippen molar-refractivity contribution in [3.05, 3.63) is 84.2 Å². The lowest BCUT2D eigenvalue weighted by molar-refractivity contribution is -0.158. The second-order valence-corrected chi connectivity index (χ2v) is 18.9. The largest absolute Gasteiger partial charge is 0.458 e. The van der Waals surface area contributed by atoms with E-state index in [0.717, 1.165) is 10.5 Å². The number of nitrogens with one attached hydrogen (secondary N) is 2. The Morgan fingerprint density at radius 3 is 2.24 bits per heavy atom. The first-order valence-corrected chi connectivity index (χ1v) is 20.2. The molecule has 0 bridgehead atoms. The van der Waals surface area contributed by atoms with E-state index >= 15 is 0 Å². The maximum Gasteiger partial charge on any atom is 0.329 e. The summed E-state index contributed by atoms with van der Waals surface area (Å²) < 4.78 is 41.9.